The Labute approximate surface area is 271 Å². The molecule has 0 bridgehead atoms. The van der Waals surface area contributed by atoms with Crippen LogP contribution in [-0.2, 0) is 31.9 Å². The molecule has 0 amide bonds. The monoisotopic (exact) mass is 626 g/mol. The fourth-order valence-electron chi connectivity index (χ4n) is 4.56. The minimum Gasteiger partial charge on any atom is -0.463 e. The molecule has 0 saturated carbocycles. The van der Waals surface area contributed by atoms with Crippen LogP contribution in [0.1, 0.15) is 83.2 Å². The summed E-state index contributed by atoms with van der Waals surface area (Å²) in [4.78, 5) is 47.3. The zero-order valence-corrected chi connectivity index (χ0v) is 26.2. The van der Waals surface area contributed by atoms with E-state index in [9.17, 15) is 19.2 Å². The number of esters is 4. The molecule has 0 atom stereocenters. The highest BCUT2D eigenvalue weighted by Crippen LogP contribution is 2.21. The van der Waals surface area contributed by atoms with Crippen LogP contribution in [0.4, 0.5) is 0 Å². The number of aryl methyl sites for hydroxylation is 2. The number of ether oxygens (including phenoxy) is 4. The van der Waals surface area contributed by atoms with Gasteiger partial charge in [0.1, 0.15) is 11.5 Å². The zero-order valence-electron chi connectivity index (χ0n) is 26.2. The van der Waals surface area contributed by atoms with Crippen molar-refractivity contribution < 1.29 is 38.1 Å². The molecule has 8 nitrogen and oxygen atoms in total. The smallest absolute Gasteiger partial charge is 0.343 e. The largest absolute Gasteiger partial charge is 0.463 e. The van der Waals surface area contributed by atoms with Gasteiger partial charge in [0.05, 0.1) is 24.3 Å². The molecular formula is C38H42O8. The Bertz CT molecular complexity index is 1310. The number of hydrogen-bond acceptors (Lipinski definition) is 8. The summed E-state index contributed by atoms with van der Waals surface area (Å²) in [6, 6.07) is 21.0. The van der Waals surface area contributed by atoms with Crippen LogP contribution in [0.2, 0.25) is 0 Å². The van der Waals surface area contributed by atoms with Gasteiger partial charge >= 0.3 is 23.9 Å². The van der Waals surface area contributed by atoms with Gasteiger partial charge in [-0.2, -0.15) is 0 Å². The molecule has 46 heavy (non-hydrogen) atoms. The van der Waals surface area contributed by atoms with E-state index in [1.54, 1.807) is 48.5 Å². The van der Waals surface area contributed by atoms with Gasteiger partial charge in [0, 0.05) is 12.2 Å². The van der Waals surface area contributed by atoms with Crippen molar-refractivity contribution in [2.75, 3.05) is 13.2 Å². The van der Waals surface area contributed by atoms with Crippen molar-refractivity contribution in [3.05, 3.63) is 120 Å². The van der Waals surface area contributed by atoms with Crippen LogP contribution >= 0.6 is 0 Å². The van der Waals surface area contributed by atoms with Crippen LogP contribution in [0.25, 0.3) is 0 Å². The summed E-state index contributed by atoms with van der Waals surface area (Å²) in [5.41, 5.74) is 3.15. The van der Waals surface area contributed by atoms with E-state index in [2.05, 4.69) is 13.2 Å². The number of benzene rings is 3. The van der Waals surface area contributed by atoms with E-state index in [0.29, 0.717) is 35.8 Å². The van der Waals surface area contributed by atoms with Gasteiger partial charge in [0.2, 0.25) is 0 Å². The molecule has 0 aliphatic carbocycles. The molecule has 0 radical (unpaired) electrons. The lowest BCUT2D eigenvalue weighted by Crippen LogP contribution is -2.09. The van der Waals surface area contributed by atoms with Gasteiger partial charge in [-0.05, 0) is 98.2 Å². The molecule has 0 saturated heterocycles. The quantitative estimate of drug-likeness (QED) is 0.0542. The maximum absolute atomic E-state index is 12.6. The minimum absolute atomic E-state index is 0.342. The first-order valence-electron chi connectivity index (χ1n) is 15.7. The molecule has 8 heteroatoms. The molecule has 3 rings (SSSR count). The Balaban J connectivity index is 1.34. The molecule has 0 fully saturated rings. The van der Waals surface area contributed by atoms with Crippen LogP contribution in [0.5, 0.6) is 11.5 Å². The summed E-state index contributed by atoms with van der Waals surface area (Å²) in [5.74, 6) is -1.04. The molecule has 0 heterocycles. The second-order valence-electron chi connectivity index (χ2n) is 10.7. The molecule has 0 spiro atoms. The Morgan fingerprint density at radius 3 is 1.17 bits per heavy atom. The van der Waals surface area contributed by atoms with Gasteiger partial charge in [-0.1, -0.05) is 63.1 Å². The SMILES string of the molecule is C=CC(=O)OCCCCCCc1ccc(C(=O)Oc2ccc(OC(=O)c3ccc(CCCCCCOC(=O)C=C)cc3)cc2)cc1. The van der Waals surface area contributed by atoms with E-state index in [4.69, 9.17) is 18.9 Å². The van der Waals surface area contributed by atoms with Gasteiger partial charge in [-0.25, -0.2) is 19.2 Å². The maximum Gasteiger partial charge on any atom is 0.343 e. The highest BCUT2D eigenvalue weighted by atomic mass is 16.5. The lowest BCUT2D eigenvalue weighted by Gasteiger charge is -2.08. The molecule has 0 aromatic heterocycles. The average molecular weight is 627 g/mol. The fraction of sp³-hybridized carbons (Fsp3) is 0.316. The average Bonchev–Trinajstić information content (AvgIpc) is 3.08. The third-order valence-electron chi connectivity index (χ3n) is 7.17. The third kappa shape index (κ3) is 13.3. The minimum atomic E-state index is -0.473. The van der Waals surface area contributed by atoms with Crippen molar-refractivity contribution in [3.63, 3.8) is 0 Å². The first kappa shape index (κ1) is 35.5. The van der Waals surface area contributed by atoms with Crippen LogP contribution in [0.15, 0.2) is 98.1 Å². The maximum atomic E-state index is 12.6. The summed E-state index contributed by atoms with van der Waals surface area (Å²) in [6.45, 7) is 7.56. The Morgan fingerprint density at radius 2 is 0.826 bits per heavy atom. The van der Waals surface area contributed by atoms with E-state index in [1.807, 2.05) is 24.3 Å². The first-order chi connectivity index (χ1) is 22.4. The topological polar surface area (TPSA) is 105 Å². The van der Waals surface area contributed by atoms with Crippen LogP contribution < -0.4 is 9.47 Å². The van der Waals surface area contributed by atoms with E-state index in [-0.39, 0.29) is 0 Å². The van der Waals surface area contributed by atoms with Gasteiger partial charge < -0.3 is 18.9 Å². The first-order valence-corrected chi connectivity index (χ1v) is 15.7. The summed E-state index contributed by atoms with van der Waals surface area (Å²) in [6.07, 6.45) is 11.8. The Kier molecular flexibility index (Phi) is 15.5. The summed E-state index contributed by atoms with van der Waals surface area (Å²) < 4.78 is 20.9. The van der Waals surface area contributed by atoms with E-state index < -0.39 is 23.9 Å². The zero-order chi connectivity index (χ0) is 33.0. The van der Waals surface area contributed by atoms with Crippen molar-refractivity contribution in [1.29, 1.82) is 0 Å². The highest BCUT2D eigenvalue weighted by Gasteiger charge is 2.12. The number of hydrogen-bond donors (Lipinski definition) is 0. The second-order valence-corrected chi connectivity index (χ2v) is 10.7. The lowest BCUT2D eigenvalue weighted by molar-refractivity contribution is -0.138. The van der Waals surface area contributed by atoms with Crippen molar-refractivity contribution in [1.82, 2.24) is 0 Å². The van der Waals surface area contributed by atoms with E-state index >= 15 is 0 Å². The molecule has 0 N–H and O–H groups in total. The lowest BCUT2D eigenvalue weighted by atomic mass is 10.0. The molecule has 0 aliphatic rings. The molecule has 0 aliphatic heterocycles. The van der Waals surface area contributed by atoms with Gasteiger partial charge in [-0.3, -0.25) is 0 Å². The van der Waals surface area contributed by atoms with Crippen molar-refractivity contribution in [3.8, 4) is 11.5 Å². The molecule has 3 aromatic carbocycles. The van der Waals surface area contributed by atoms with E-state index in [1.165, 1.54) is 12.2 Å². The van der Waals surface area contributed by atoms with Gasteiger partial charge in [-0.15, -0.1) is 0 Å². The number of carbonyl (C=O) groups excluding carboxylic acids is 4. The molecular weight excluding hydrogens is 584 g/mol. The van der Waals surface area contributed by atoms with Crippen molar-refractivity contribution in [2.45, 2.75) is 64.2 Å². The molecule has 242 valence electrons. The Hall–Kier alpha value is -4.98. The predicted octanol–water partition coefficient (Wildman–Crippen LogP) is 7.79. The summed E-state index contributed by atoms with van der Waals surface area (Å²) >= 11 is 0. The van der Waals surface area contributed by atoms with Gasteiger partial charge in [0.15, 0.2) is 0 Å². The number of rotatable bonds is 20. The number of unbranched alkanes of at least 4 members (excludes halogenated alkanes) is 6. The Morgan fingerprint density at radius 1 is 0.478 bits per heavy atom. The highest BCUT2D eigenvalue weighted by molar-refractivity contribution is 5.92. The molecule has 0 unspecified atom stereocenters. The standard InChI is InChI=1S/C38H42O8/c1-3-35(39)43-27-11-7-5-9-13-29-15-19-31(20-16-29)37(41)45-33-23-25-34(26-24-33)46-38(42)32-21-17-30(18-22-32)14-10-6-8-12-28-44-36(40)4-2/h3-4,15-26H,1-2,5-14,27-28H2. The summed E-state index contributed by atoms with van der Waals surface area (Å²) in [5, 5.41) is 0. The normalized spacial score (nSPS) is 10.4. The van der Waals surface area contributed by atoms with Gasteiger partial charge in [0.25, 0.3) is 0 Å². The van der Waals surface area contributed by atoms with Crippen LogP contribution in [-0.4, -0.2) is 37.1 Å². The van der Waals surface area contributed by atoms with Crippen molar-refractivity contribution in [2.24, 2.45) is 0 Å². The second kappa shape index (κ2) is 20.1. The summed E-state index contributed by atoms with van der Waals surface area (Å²) in [7, 11) is 0. The number of carbonyl (C=O) groups is 4. The van der Waals surface area contributed by atoms with Crippen LogP contribution in [0.3, 0.4) is 0 Å². The van der Waals surface area contributed by atoms with Crippen LogP contribution in [0, 0.1) is 0 Å². The van der Waals surface area contributed by atoms with E-state index in [0.717, 1.165) is 75.3 Å². The fourth-order valence-corrected chi connectivity index (χ4v) is 4.56. The predicted molar refractivity (Wildman–Crippen MR) is 176 cm³/mol. The van der Waals surface area contributed by atoms with Crippen molar-refractivity contribution >= 4 is 23.9 Å². The third-order valence-corrected chi connectivity index (χ3v) is 7.17. The molecule has 3 aromatic rings.